The normalized spacial score (nSPS) is 11.2. The monoisotopic (exact) mass is 334 g/mol. The van der Waals surface area contributed by atoms with Gasteiger partial charge in [-0.15, -0.1) is 0 Å². The molecule has 0 spiro atoms. The lowest BCUT2D eigenvalue weighted by molar-refractivity contribution is -0.127. The number of nitrogens with one attached hydrogen (secondary N) is 2. The molecule has 1 aromatic rings. The lowest BCUT2D eigenvalue weighted by atomic mass is 10.1. The summed E-state index contributed by atoms with van der Waals surface area (Å²) in [6.07, 6.45) is 0.889. The van der Waals surface area contributed by atoms with E-state index in [-0.39, 0.29) is 12.5 Å². The fourth-order valence-corrected chi connectivity index (χ4v) is 1.97. The molecular weight excluding hydrogens is 304 g/mol. The van der Waals surface area contributed by atoms with Crippen molar-refractivity contribution in [3.05, 3.63) is 35.4 Å². The van der Waals surface area contributed by atoms with Gasteiger partial charge in [-0.1, -0.05) is 24.3 Å². The third kappa shape index (κ3) is 7.97. The molecule has 0 unspecified atom stereocenters. The number of amides is 1. The average Bonchev–Trinajstić information content (AvgIpc) is 2.57. The molecule has 24 heavy (non-hydrogen) atoms. The quantitative estimate of drug-likeness (QED) is 0.408. The van der Waals surface area contributed by atoms with Crippen LogP contribution in [-0.2, 0) is 16.1 Å². The summed E-state index contributed by atoms with van der Waals surface area (Å²) in [5.74, 6) is 0.652. The molecule has 1 aromatic carbocycles. The molecule has 0 fully saturated rings. The van der Waals surface area contributed by atoms with Gasteiger partial charge < -0.3 is 20.3 Å². The van der Waals surface area contributed by atoms with Crippen molar-refractivity contribution in [1.29, 1.82) is 0 Å². The predicted molar refractivity (Wildman–Crippen MR) is 98.1 cm³/mol. The van der Waals surface area contributed by atoms with Crippen LogP contribution in [-0.4, -0.2) is 57.2 Å². The molecule has 0 aromatic heterocycles. The van der Waals surface area contributed by atoms with Gasteiger partial charge in [0.15, 0.2) is 5.96 Å². The number of carbonyl (C=O) groups is 1. The van der Waals surface area contributed by atoms with Crippen molar-refractivity contribution in [2.45, 2.75) is 26.8 Å². The number of ether oxygens (including phenoxy) is 1. The van der Waals surface area contributed by atoms with Crippen LogP contribution in [0.2, 0.25) is 0 Å². The third-order valence-corrected chi connectivity index (χ3v) is 3.54. The van der Waals surface area contributed by atoms with Crippen molar-refractivity contribution in [3.63, 3.8) is 0 Å². The standard InChI is InChI=1S/C18H30N4O2/c1-5-24-12-8-11-19-18(21-14-17(23)22(3)4)20-13-16-10-7-6-9-15(16)2/h6-7,9-10H,5,8,11-14H2,1-4H3,(H2,19,20,21). The Morgan fingerprint density at radius 2 is 2.00 bits per heavy atom. The highest BCUT2D eigenvalue weighted by atomic mass is 16.5. The first-order valence-corrected chi connectivity index (χ1v) is 8.39. The van der Waals surface area contributed by atoms with E-state index in [0.29, 0.717) is 19.1 Å². The predicted octanol–water partition coefficient (Wildman–Crippen LogP) is 1.55. The summed E-state index contributed by atoms with van der Waals surface area (Å²) in [4.78, 5) is 17.9. The zero-order valence-electron chi connectivity index (χ0n) is 15.3. The largest absolute Gasteiger partial charge is 0.382 e. The van der Waals surface area contributed by atoms with E-state index in [9.17, 15) is 4.79 Å². The lowest BCUT2D eigenvalue weighted by Crippen LogP contribution is -2.43. The molecule has 1 amide bonds. The second kappa shape index (κ2) is 11.5. The minimum atomic E-state index is 0.00899. The summed E-state index contributed by atoms with van der Waals surface area (Å²) < 4.78 is 5.33. The summed E-state index contributed by atoms with van der Waals surface area (Å²) in [6.45, 7) is 7.03. The Bertz CT molecular complexity index is 530. The van der Waals surface area contributed by atoms with Crippen LogP contribution in [0, 0.1) is 6.92 Å². The van der Waals surface area contributed by atoms with Gasteiger partial charge in [-0.2, -0.15) is 0 Å². The van der Waals surface area contributed by atoms with Gasteiger partial charge in [0.05, 0.1) is 13.1 Å². The number of aryl methyl sites for hydroxylation is 1. The number of rotatable bonds is 9. The molecule has 0 saturated heterocycles. The first-order chi connectivity index (χ1) is 11.5. The highest BCUT2D eigenvalue weighted by Gasteiger charge is 2.06. The molecule has 0 aliphatic heterocycles. The fraction of sp³-hybridized carbons (Fsp3) is 0.556. The van der Waals surface area contributed by atoms with Crippen LogP contribution in [0.15, 0.2) is 29.3 Å². The molecule has 0 saturated carbocycles. The summed E-state index contributed by atoms with van der Waals surface area (Å²) in [5, 5.41) is 6.34. The molecule has 0 bridgehead atoms. The van der Waals surface area contributed by atoms with Crippen molar-refractivity contribution >= 4 is 11.9 Å². The molecule has 6 heteroatoms. The van der Waals surface area contributed by atoms with Crippen molar-refractivity contribution in [3.8, 4) is 0 Å². The Kier molecular flexibility index (Phi) is 9.53. The minimum absolute atomic E-state index is 0.00899. The zero-order valence-corrected chi connectivity index (χ0v) is 15.3. The molecular formula is C18H30N4O2. The van der Waals surface area contributed by atoms with Gasteiger partial charge in [0.2, 0.25) is 5.91 Å². The first-order valence-electron chi connectivity index (χ1n) is 8.39. The van der Waals surface area contributed by atoms with Crippen molar-refractivity contribution in [1.82, 2.24) is 15.5 Å². The maximum absolute atomic E-state index is 11.8. The van der Waals surface area contributed by atoms with Gasteiger partial charge in [-0.3, -0.25) is 4.79 Å². The minimum Gasteiger partial charge on any atom is -0.382 e. The molecule has 0 atom stereocenters. The summed E-state index contributed by atoms with van der Waals surface area (Å²) >= 11 is 0. The van der Waals surface area contributed by atoms with Crippen LogP contribution in [0.5, 0.6) is 0 Å². The molecule has 0 radical (unpaired) electrons. The number of aliphatic imine (C=N–C) groups is 1. The van der Waals surface area contributed by atoms with Gasteiger partial charge in [-0.05, 0) is 31.4 Å². The van der Waals surface area contributed by atoms with Crippen LogP contribution < -0.4 is 10.6 Å². The Hall–Kier alpha value is -2.08. The summed E-state index contributed by atoms with van der Waals surface area (Å²) in [5.41, 5.74) is 2.38. The number of benzene rings is 1. The summed E-state index contributed by atoms with van der Waals surface area (Å²) in [6, 6.07) is 8.17. The second-order valence-corrected chi connectivity index (χ2v) is 5.71. The molecule has 2 N–H and O–H groups in total. The Labute approximate surface area is 145 Å². The molecule has 6 nitrogen and oxygen atoms in total. The highest BCUT2D eigenvalue weighted by molar-refractivity contribution is 5.86. The van der Waals surface area contributed by atoms with E-state index >= 15 is 0 Å². The zero-order chi connectivity index (χ0) is 17.8. The van der Waals surface area contributed by atoms with E-state index in [0.717, 1.165) is 19.6 Å². The van der Waals surface area contributed by atoms with Crippen LogP contribution in [0.1, 0.15) is 24.5 Å². The van der Waals surface area contributed by atoms with Crippen LogP contribution in [0.25, 0.3) is 0 Å². The van der Waals surface area contributed by atoms with Gasteiger partial charge >= 0.3 is 0 Å². The number of hydrogen-bond acceptors (Lipinski definition) is 3. The van der Waals surface area contributed by atoms with Gasteiger partial charge in [0.25, 0.3) is 0 Å². The number of carbonyl (C=O) groups excluding carboxylic acids is 1. The van der Waals surface area contributed by atoms with E-state index in [4.69, 9.17) is 4.74 Å². The average molecular weight is 334 g/mol. The third-order valence-electron chi connectivity index (χ3n) is 3.54. The SMILES string of the molecule is CCOCCCNC(=NCc1ccccc1C)NCC(=O)N(C)C. The van der Waals surface area contributed by atoms with E-state index in [1.807, 2.05) is 19.1 Å². The van der Waals surface area contributed by atoms with Gasteiger partial charge in [0.1, 0.15) is 0 Å². The number of likely N-dealkylation sites (N-methyl/N-ethyl adjacent to an activating group) is 1. The van der Waals surface area contributed by atoms with Crippen molar-refractivity contribution < 1.29 is 9.53 Å². The van der Waals surface area contributed by atoms with Crippen molar-refractivity contribution in [2.24, 2.45) is 4.99 Å². The maximum atomic E-state index is 11.8. The number of guanidine groups is 1. The van der Waals surface area contributed by atoms with Gasteiger partial charge in [0, 0.05) is 33.9 Å². The lowest BCUT2D eigenvalue weighted by Gasteiger charge is -2.15. The number of nitrogens with zero attached hydrogens (tertiary/aromatic N) is 2. The molecule has 1 rings (SSSR count). The topological polar surface area (TPSA) is 66.0 Å². The Morgan fingerprint density at radius 1 is 1.25 bits per heavy atom. The summed E-state index contributed by atoms with van der Waals surface area (Å²) in [7, 11) is 3.48. The molecule has 0 heterocycles. The van der Waals surface area contributed by atoms with Crippen LogP contribution in [0.3, 0.4) is 0 Å². The Balaban J connectivity index is 2.59. The van der Waals surface area contributed by atoms with Crippen molar-refractivity contribution in [2.75, 3.05) is 40.4 Å². The van der Waals surface area contributed by atoms with E-state index in [1.165, 1.54) is 11.1 Å². The van der Waals surface area contributed by atoms with Crippen LogP contribution in [0.4, 0.5) is 0 Å². The van der Waals surface area contributed by atoms with E-state index in [1.54, 1.807) is 19.0 Å². The highest BCUT2D eigenvalue weighted by Crippen LogP contribution is 2.07. The van der Waals surface area contributed by atoms with E-state index < -0.39 is 0 Å². The second-order valence-electron chi connectivity index (χ2n) is 5.71. The van der Waals surface area contributed by atoms with Gasteiger partial charge in [-0.25, -0.2) is 4.99 Å². The fourth-order valence-electron chi connectivity index (χ4n) is 1.97. The molecule has 0 aliphatic carbocycles. The maximum Gasteiger partial charge on any atom is 0.241 e. The number of hydrogen-bond donors (Lipinski definition) is 2. The molecule has 134 valence electrons. The molecule has 0 aliphatic rings. The Morgan fingerprint density at radius 3 is 2.67 bits per heavy atom. The smallest absolute Gasteiger partial charge is 0.241 e. The van der Waals surface area contributed by atoms with E-state index in [2.05, 4.69) is 34.7 Å². The van der Waals surface area contributed by atoms with Crippen LogP contribution >= 0.6 is 0 Å². The first kappa shape index (κ1) is 20.0.